The van der Waals surface area contributed by atoms with Crippen molar-refractivity contribution in [3.63, 3.8) is 0 Å². The third-order valence-corrected chi connectivity index (χ3v) is 2.02. The van der Waals surface area contributed by atoms with Crippen molar-refractivity contribution in [3.05, 3.63) is 34.1 Å². The zero-order valence-corrected chi connectivity index (χ0v) is 9.81. The normalized spacial score (nSPS) is 10.1. The minimum atomic E-state index is -0.732. The molecule has 0 spiro atoms. The molecule has 0 radical (unpaired) electrons. The second kappa shape index (κ2) is 6.65. The number of amides is 1. The smallest absolute Gasteiger partial charge is 0.271 e. The minimum Gasteiger partial charge on any atom is -0.372 e. The third-order valence-electron chi connectivity index (χ3n) is 2.02. The third kappa shape index (κ3) is 4.10. The molecule has 0 aliphatic heterocycles. The van der Waals surface area contributed by atoms with Crippen LogP contribution in [0.3, 0.4) is 0 Å². The molecule has 0 aromatic heterocycles. The van der Waals surface area contributed by atoms with Gasteiger partial charge < -0.3 is 10.1 Å². The van der Waals surface area contributed by atoms with E-state index < -0.39 is 16.6 Å². The molecule has 1 aromatic rings. The number of nitrogens with one attached hydrogen (secondary N) is 1. The number of non-ortho nitro benzene ring substituents is 1. The molecule has 6 nitrogen and oxygen atoms in total. The van der Waals surface area contributed by atoms with Crippen LogP contribution in [0, 0.1) is 15.9 Å². The molecule has 0 atom stereocenters. The van der Waals surface area contributed by atoms with Crippen LogP contribution < -0.4 is 5.32 Å². The number of nitro benzene ring substituents is 1. The lowest BCUT2D eigenvalue weighted by Gasteiger charge is -2.06. The predicted molar refractivity (Wildman–Crippen MR) is 62.8 cm³/mol. The van der Waals surface area contributed by atoms with Crippen LogP contribution >= 0.6 is 0 Å². The van der Waals surface area contributed by atoms with Crippen LogP contribution in [-0.4, -0.2) is 24.0 Å². The van der Waals surface area contributed by atoms with E-state index in [2.05, 4.69) is 5.32 Å². The summed E-state index contributed by atoms with van der Waals surface area (Å²) in [7, 11) is 0. The van der Waals surface area contributed by atoms with Gasteiger partial charge in [0.05, 0.1) is 10.6 Å². The largest absolute Gasteiger partial charge is 0.372 e. The molecule has 0 aliphatic rings. The van der Waals surface area contributed by atoms with Gasteiger partial charge in [-0.2, -0.15) is 0 Å². The summed E-state index contributed by atoms with van der Waals surface area (Å²) in [4.78, 5) is 21.2. The van der Waals surface area contributed by atoms with Crippen LogP contribution in [0.15, 0.2) is 18.2 Å². The zero-order valence-electron chi connectivity index (χ0n) is 9.81. The lowest BCUT2D eigenvalue weighted by Crippen LogP contribution is -2.19. The molecule has 1 amide bonds. The van der Waals surface area contributed by atoms with E-state index in [0.29, 0.717) is 6.61 Å². The Kier molecular flexibility index (Phi) is 5.19. The molecule has 0 saturated carbocycles. The van der Waals surface area contributed by atoms with Crippen LogP contribution in [-0.2, 0) is 9.53 Å². The maximum absolute atomic E-state index is 13.3. The van der Waals surface area contributed by atoms with Crippen molar-refractivity contribution in [2.45, 2.75) is 13.3 Å². The average molecular weight is 256 g/mol. The number of benzene rings is 1. The van der Waals surface area contributed by atoms with Gasteiger partial charge in [-0.1, -0.05) is 6.92 Å². The fourth-order valence-corrected chi connectivity index (χ4v) is 1.22. The van der Waals surface area contributed by atoms with E-state index in [4.69, 9.17) is 4.74 Å². The Bertz CT molecular complexity index is 451. The fourth-order valence-electron chi connectivity index (χ4n) is 1.22. The number of carbonyl (C=O) groups is 1. The van der Waals surface area contributed by atoms with Crippen molar-refractivity contribution in [1.29, 1.82) is 0 Å². The van der Waals surface area contributed by atoms with Crippen molar-refractivity contribution >= 4 is 17.3 Å². The van der Waals surface area contributed by atoms with Crippen molar-refractivity contribution < 1.29 is 18.8 Å². The summed E-state index contributed by atoms with van der Waals surface area (Å²) in [5.74, 6) is -1.28. The first-order chi connectivity index (χ1) is 8.54. The summed E-state index contributed by atoms with van der Waals surface area (Å²) in [5.41, 5.74) is -0.518. The molecule has 0 bridgehead atoms. The van der Waals surface area contributed by atoms with Gasteiger partial charge in [-0.15, -0.1) is 0 Å². The maximum atomic E-state index is 13.3. The monoisotopic (exact) mass is 256 g/mol. The highest BCUT2D eigenvalue weighted by Crippen LogP contribution is 2.20. The molecule has 1 aromatic carbocycles. The number of rotatable bonds is 6. The van der Waals surface area contributed by atoms with Crippen LogP contribution in [0.4, 0.5) is 15.8 Å². The van der Waals surface area contributed by atoms with Gasteiger partial charge >= 0.3 is 0 Å². The molecule has 7 heteroatoms. The van der Waals surface area contributed by atoms with E-state index in [1.165, 1.54) is 0 Å². The van der Waals surface area contributed by atoms with Crippen molar-refractivity contribution in [1.82, 2.24) is 0 Å². The Morgan fingerprint density at radius 1 is 1.56 bits per heavy atom. The first kappa shape index (κ1) is 14.0. The quantitative estimate of drug-likeness (QED) is 0.480. The van der Waals surface area contributed by atoms with Crippen molar-refractivity contribution in [2.75, 3.05) is 18.5 Å². The summed E-state index contributed by atoms with van der Waals surface area (Å²) in [5, 5.41) is 12.7. The van der Waals surface area contributed by atoms with E-state index in [0.717, 1.165) is 24.6 Å². The average Bonchev–Trinajstić information content (AvgIpc) is 2.32. The molecule has 0 heterocycles. The van der Waals surface area contributed by atoms with Gasteiger partial charge in [-0.3, -0.25) is 14.9 Å². The molecular weight excluding hydrogens is 243 g/mol. The summed E-state index contributed by atoms with van der Waals surface area (Å²) in [6, 6.07) is 2.92. The molecule has 0 saturated heterocycles. The van der Waals surface area contributed by atoms with Gasteiger partial charge in [0.2, 0.25) is 5.91 Å². The van der Waals surface area contributed by atoms with E-state index in [-0.39, 0.29) is 18.0 Å². The van der Waals surface area contributed by atoms with Crippen LogP contribution in [0.25, 0.3) is 0 Å². The highest BCUT2D eigenvalue weighted by atomic mass is 19.1. The minimum absolute atomic E-state index is 0.212. The second-order valence-corrected chi connectivity index (χ2v) is 3.52. The van der Waals surface area contributed by atoms with Crippen LogP contribution in [0.5, 0.6) is 0 Å². The van der Waals surface area contributed by atoms with Gasteiger partial charge in [-0.25, -0.2) is 4.39 Å². The van der Waals surface area contributed by atoms with Gasteiger partial charge in [0.1, 0.15) is 12.4 Å². The van der Waals surface area contributed by atoms with E-state index in [1.807, 2.05) is 6.92 Å². The first-order valence-electron chi connectivity index (χ1n) is 5.36. The SMILES string of the molecule is CCCOCC(=O)Nc1cc([N+](=O)[O-])ccc1F. The lowest BCUT2D eigenvalue weighted by molar-refractivity contribution is -0.384. The number of anilines is 1. The second-order valence-electron chi connectivity index (χ2n) is 3.52. The van der Waals surface area contributed by atoms with Gasteiger partial charge in [0.25, 0.3) is 5.69 Å². The topological polar surface area (TPSA) is 81.5 Å². The lowest BCUT2D eigenvalue weighted by atomic mass is 10.2. The summed E-state index contributed by atoms with van der Waals surface area (Å²) < 4.78 is 18.3. The number of carbonyl (C=O) groups excluding carboxylic acids is 1. The molecular formula is C11H13FN2O4. The summed E-state index contributed by atoms with van der Waals surface area (Å²) >= 11 is 0. The highest BCUT2D eigenvalue weighted by Gasteiger charge is 2.12. The Hall–Kier alpha value is -2.02. The number of halogens is 1. The fraction of sp³-hybridized carbons (Fsp3) is 0.364. The van der Waals surface area contributed by atoms with Crippen molar-refractivity contribution in [2.24, 2.45) is 0 Å². The zero-order chi connectivity index (χ0) is 13.5. The predicted octanol–water partition coefficient (Wildman–Crippen LogP) is 2.10. The Morgan fingerprint density at radius 2 is 2.28 bits per heavy atom. The first-order valence-corrected chi connectivity index (χ1v) is 5.36. The number of nitro groups is 1. The Labute approximate surface area is 103 Å². The van der Waals surface area contributed by atoms with Crippen LogP contribution in [0.2, 0.25) is 0 Å². The number of ether oxygens (including phenoxy) is 1. The Morgan fingerprint density at radius 3 is 2.89 bits per heavy atom. The highest BCUT2D eigenvalue weighted by molar-refractivity contribution is 5.92. The maximum Gasteiger partial charge on any atom is 0.271 e. The molecule has 0 fully saturated rings. The van der Waals surface area contributed by atoms with Crippen LogP contribution in [0.1, 0.15) is 13.3 Å². The molecule has 0 unspecified atom stereocenters. The molecule has 1 rings (SSSR count). The standard InChI is InChI=1S/C11H13FN2O4/c1-2-5-18-7-11(15)13-10-6-8(14(16)17)3-4-9(10)12/h3-4,6H,2,5,7H2,1H3,(H,13,15). The van der Waals surface area contributed by atoms with E-state index in [1.54, 1.807) is 0 Å². The Balaban J connectivity index is 2.68. The molecule has 0 aliphatic carbocycles. The van der Waals surface area contributed by atoms with Gasteiger partial charge in [0.15, 0.2) is 0 Å². The number of hydrogen-bond donors (Lipinski definition) is 1. The van der Waals surface area contributed by atoms with E-state index in [9.17, 15) is 19.3 Å². The van der Waals surface area contributed by atoms with Gasteiger partial charge in [0, 0.05) is 18.7 Å². The number of nitrogens with zero attached hydrogens (tertiary/aromatic N) is 1. The summed E-state index contributed by atoms with van der Waals surface area (Å²) in [6.45, 7) is 2.10. The van der Waals surface area contributed by atoms with E-state index >= 15 is 0 Å². The van der Waals surface area contributed by atoms with Gasteiger partial charge in [-0.05, 0) is 12.5 Å². The molecule has 1 N–H and O–H groups in total. The number of hydrogen-bond acceptors (Lipinski definition) is 4. The summed E-state index contributed by atoms with van der Waals surface area (Å²) in [6.07, 6.45) is 0.762. The molecule has 18 heavy (non-hydrogen) atoms. The van der Waals surface area contributed by atoms with Crippen molar-refractivity contribution in [3.8, 4) is 0 Å². The molecule has 98 valence electrons.